The quantitative estimate of drug-likeness (QED) is 0.782. The molecule has 2 rings (SSSR count). The number of nitrogens with zero attached hydrogens (tertiary/aromatic N) is 3. The normalized spacial score (nSPS) is 16.8. The summed E-state index contributed by atoms with van der Waals surface area (Å²) in [5.41, 5.74) is 2.07. The first-order valence-electron chi connectivity index (χ1n) is 6.85. The summed E-state index contributed by atoms with van der Waals surface area (Å²) in [6.07, 6.45) is 6.47. The van der Waals surface area contributed by atoms with Gasteiger partial charge in [0.1, 0.15) is 0 Å². The Balaban J connectivity index is 2.22. The van der Waals surface area contributed by atoms with E-state index in [1.54, 1.807) is 0 Å². The molecule has 1 aliphatic carbocycles. The topological polar surface area (TPSA) is 29.0 Å². The van der Waals surface area contributed by atoms with Gasteiger partial charge in [0, 0.05) is 29.9 Å². The Morgan fingerprint density at radius 2 is 1.78 bits per heavy atom. The summed E-state index contributed by atoms with van der Waals surface area (Å²) in [6, 6.07) is 2.59. The van der Waals surface area contributed by atoms with E-state index in [0.29, 0.717) is 11.9 Å². The number of anilines is 1. The Labute approximate surface area is 115 Å². The van der Waals surface area contributed by atoms with Crippen LogP contribution < -0.4 is 4.90 Å². The fraction of sp³-hybridized carbons (Fsp3) is 0.714. The molecule has 1 aromatic rings. The van der Waals surface area contributed by atoms with Gasteiger partial charge in [-0.3, -0.25) is 0 Å². The standard InChI is InChI=1S/C14H22ClN3/c1-11-10-12(2)17-14(16-11)18(9-8-15)13-6-4-3-5-7-13/h10,13H,3-9H2,1-2H3. The number of halogens is 1. The lowest BCUT2D eigenvalue weighted by Gasteiger charge is -2.34. The molecular formula is C14H22ClN3. The molecule has 0 radical (unpaired) electrons. The van der Waals surface area contributed by atoms with E-state index in [1.165, 1.54) is 32.1 Å². The van der Waals surface area contributed by atoms with E-state index in [4.69, 9.17) is 11.6 Å². The van der Waals surface area contributed by atoms with Gasteiger partial charge in [-0.15, -0.1) is 11.6 Å². The summed E-state index contributed by atoms with van der Waals surface area (Å²) in [7, 11) is 0. The number of hydrogen-bond acceptors (Lipinski definition) is 3. The van der Waals surface area contributed by atoms with Crippen molar-refractivity contribution in [1.82, 2.24) is 9.97 Å². The Morgan fingerprint density at radius 1 is 1.17 bits per heavy atom. The SMILES string of the molecule is Cc1cc(C)nc(N(CCCl)C2CCCCC2)n1. The van der Waals surface area contributed by atoms with Crippen LogP contribution in [0.3, 0.4) is 0 Å². The minimum Gasteiger partial charge on any atom is -0.337 e. The summed E-state index contributed by atoms with van der Waals surface area (Å²) in [5.74, 6) is 1.49. The molecule has 0 N–H and O–H groups in total. The first-order valence-corrected chi connectivity index (χ1v) is 7.39. The van der Waals surface area contributed by atoms with Crippen molar-refractivity contribution in [3.8, 4) is 0 Å². The highest BCUT2D eigenvalue weighted by molar-refractivity contribution is 6.18. The number of rotatable bonds is 4. The van der Waals surface area contributed by atoms with Crippen molar-refractivity contribution in [2.24, 2.45) is 0 Å². The van der Waals surface area contributed by atoms with Crippen LogP contribution in [0, 0.1) is 13.8 Å². The third kappa shape index (κ3) is 3.35. The largest absolute Gasteiger partial charge is 0.337 e. The van der Waals surface area contributed by atoms with Crippen molar-refractivity contribution in [3.63, 3.8) is 0 Å². The van der Waals surface area contributed by atoms with E-state index >= 15 is 0 Å². The van der Waals surface area contributed by atoms with Gasteiger partial charge in [-0.1, -0.05) is 19.3 Å². The molecule has 1 aromatic heterocycles. The average Bonchev–Trinajstić information content (AvgIpc) is 2.36. The van der Waals surface area contributed by atoms with Crippen molar-refractivity contribution in [2.75, 3.05) is 17.3 Å². The molecule has 4 heteroatoms. The molecular weight excluding hydrogens is 246 g/mol. The molecule has 100 valence electrons. The summed E-state index contributed by atoms with van der Waals surface area (Å²) < 4.78 is 0. The zero-order valence-corrected chi connectivity index (χ0v) is 12.1. The van der Waals surface area contributed by atoms with Gasteiger partial charge in [-0.2, -0.15) is 0 Å². The molecule has 0 aliphatic heterocycles. The monoisotopic (exact) mass is 267 g/mol. The van der Waals surface area contributed by atoms with Crippen LogP contribution >= 0.6 is 11.6 Å². The van der Waals surface area contributed by atoms with Crippen molar-refractivity contribution in [1.29, 1.82) is 0 Å². The van der Waals surface area contributed by atoms with Gasteiger partial charge >= 0.3 is 0 Å². The van der Waals surface area contributed by atoms with E-state index in [1.807, 2.05) is 19.9 Å². The van der Waals surface area contributed by atoms with Crippen LogP contribution in [0.15, 0.2) is 6.07 Å². The first-order chi connectivity index (χ1) is 8.70. The van der Waals surface area contributed by atoms with Crippen LogP contribution in [0.2, 0.25) is 0 Å². The molecule has 3 nitrogen and oxygen atoms in total. The maximum Gasteiger partial charge on any atom is 0.226 e. The number of aromatic nitrogens is 2. The third-order valence-corrected chi connectivity index (χ3v) is 3.74. The third-order valence-electron chi connectivity index (χ3n) is 3.57. The molecule has 0 aromatic carbocycles. The average molecular weight is 268 g/mol. The molecule has 18 heavy (non-hydrogen) atoms. The molecule has 1 saturated carbocycles. The lowest BCUT2D eigenvalue weighted by Crippen LogP contribution is -2.39. The maximum absolute atomic E-state index is 5.95. The van der Waals surface area contributed by atoms with Gasteiger partial charge in [0.25, 0.3) is 0 Å². The van der Waals surface area contributed by atoms with Crippen LogP contribution in [-0.2, 0) is 0 Å². The second-order valence-corrected chi connectivity index (χ2v) is 5.50. The lowest BCUT2D eigenvalue weighted by molar-refractivity contribution is 0.414. The molecule has 0 saturated heterocycles. The van der Waals surface area contributed by atoms with Gasteiger partial charge in [0.15, 0.2) is 0 Å². The Hall–Kier alpha value is -0.830. The minimum absolute atomic E-state index is 0.568. The van der Waals surface area contributed by atoms with E-state index in [2.05, 4.69) is 14.9 Å². The van der Waals surface area contributed by atoms with Gasteiger partial charge in [-0.05, 0) is 32.8 Å². The lowest BCUT2D eigenvalue weighted by atomic mass is 9.94. The molecule has 0 spiro atoms. The van der Waals surface area contributed by atoms with Crippen molar-refractivity contribution >= 4 is 17.5 Å². The van der Waals surface area contributed by atoms with Crippen molar-refractivity contribution in [3.05, 3.63) is 17.5 Å². The molecule has 0 bridgehead atoms. The van der Waals surface area contributed by atoms with Crippen molar-refractivity contribution in [2.45, 2.75) is 52.0 Å². The highest BCUT2D eigenvalue weighted by Gasteiger charge is 2.23. The minimum atomic E-state index is 0.568. The van der Waals surface area contributed by atoms with Gasteiger partial charge in [0.05, 0.1) is 0 Å². The molecule has 1 fully saturated rings. The van der Waals surface area contributed by atoms with E-state index in [0.717, 1.165) is 23.9 Å². The molecule has 0 unspecified atom stereocenters. The highest BCUT2D eigenvalue weighted by Crippen LogP contribution is 2.25. The zero-order chi connectivity index (χ0) is 13.0. The van der Waals surface area contributed by atoms with Crippen molar-refractivity contribution < 1.29 is 0 Å². The fourth-order valence-electron chi connectivity index (χ4n) is 2.77. The predicted molar refractivity (Wildman–Crippen MR) is 76.4 cm³/mol. The van der Waals surface area contributed by atoms with Gasteiger partial charge in [-0.25, -0.2) is 9.97 Å². The Morgan fingerprint density at radius 3 is 2.33 bits per heavy atom. The molecule has 0 atom stereocenters. The second kappa shape index (κ2) is 6.37. The van der Waals surface area contributed by atoms with Gasteiger partial charge in [0.2, 0.25) is 5.95 Å². The summed E-state index contributed by atoms with van der Waals surface area (Å²) in [4.78, 5) is 11.5. The fourth-order valence-corrected chi connectivity index (χ4v) is 2.95. The van der Waals surface area contributed by atoms with E-state index in [-0.39, 0.29) is 0 Å². The highest BCUT2D eigenvalue weighted by atomic mass is 35.5. The number of aryl methyl sites for hydroxylation is 2. The zero-order valence-electron chi connectivity index (χ0n) is 11.3. The Bertz CT molecular complexity index is 368. The smallest absolute Gasteiger partial charge is 0.226 e. The molecule has 1 heterocycles. The summed E-state index contributed by atoms with van der Waals surface area (Å²) >= 11 is 5.95. The first kappa shape index (κ1) is 13.6. The number of alkyl halides is 1. The second-order valence-electron chi connectivity index (χ2n) is 5.12. The van der Waals surface area contributed by atoms with Crippen LogP contribution in [0.5, 0.6) is 0 Å². The summed E-state index contributed by atoms with van der Waals surface area (Å²) in [6.45, 7) is 4.89. The predicted octanol–water partition coefficient (Wildman–Crippen LogP) is 3.47. The van der Waals surface area contributed by atoms with Gasteiger partial charge < -0.3 is 4.90 Å². The van der Waals surface area contributed by atoms with Crippen LogP contribution in [0.25, 0.3) is 0 Å². The Kier molecular flexibility index (Phi) is 4.81. The van der Waals surface area contributed by atoms with Crippen LogP contribution in [-0.4, -0.2) is 28.4 Å². The van der Waals surface area contributed by atoms with E-state index in [9.17, 15) is 0 Å². The van der Waals surface area contributed by atoms with Crippen LogP contribution in [0.1, 0.15) is 43.5 Å². The molecule has 1 aliphatic rings. The molecule has 0 amide bonds. The van der Waals surface area contributed by atoms with E-state index < -0.39 is 0 Å². The maximum atomic E-state index is 5.95. The van der Waals surface area contributed by atoms with Crippen LogP contribution in [0.4, 0.5) is 5.95 Å². The number of hydrogen-bond donors (Lipinski definition) is 0. The summed E-state index contributed by atoms with van der Waals surface area (Å²) in [5, 5.41) is 0.